The number of nitrogens with one attached hydrogen (secondary N) is 3. The van der Waals surface area contributed by atoms with Gasteiger partial charge in [0.2, 0.25) is 0 Å². The Morgan fingerprint density at radius 1 is 1.02 bits per heavy atom. The lowest BCUT2D eigenvalue weighted by Crippen LogP contribution is -2.47. The molecule has 0 bridgehead atoms. The van der Waals surface area contributed by atoms with E-state index in [4.69, 9.17) is 21.1 Å². The highest BCUT2D eigenvalue weighted by Gasteiger charge is 2.36. The number of allylic oxidation sites excluding steroid dienone is 1. The number of nitrogens with zero attached hydrogens (tertiary/aromatic N) is 5. The van der Waals surface area contributed by atoms with Crippen molar-refractivity contribution in [2.24, 2.45) is 11.3 Å². The van der Waals surface area contributed by atoms with E-state index < -0.39 is 37.4 Å². The second kappa shape index (κ2) is 18.4. The van der Waals surface area contributed by atoms with E-state index in [-0.39, 0.29) is 53.3 Å². The number of sulfonamides is 1. The molecular formula is C48H53ClN8O8S. The summed E-state index contributed by atoms with van der Waals surface area (Å²) in [6.45, 7) is 11.6. The molecule has 2 saturated heterocycles. The van der Waals surface area contributed by atoms with Gasteiger partial charge in [0.15, 0.2) is 5.78 Å². The number of aromatic amines is 1. The Bertz CT molecular complexity index is 2820. The quantitative estimate of drug-likeness (QED) is 0.0627. The molecule has 5 aromatic rings. The number of benzene rings is 3. The minimum absolute atomic E-state index is 0.0449. The minimum Gasteiger partial charge on any atom is -0.377 e. The van der Waals surface area contributed by atoms with E-state index in [1.807, 2.05) is 35.2 Å². The van der Waals surface area contributed by atoms with E-state index in [2.05, 4.69) is 61.9 Å². The third kappa shape index (κ3) is 9.53. The molecule has 66 heavy (non-hydrogen) atoms. The number of H-pyrrole nitrogens is 1. The third-order valence-corrected chi connectivity index (χ3v) is 14.7. The van der Waals surface area contributed by atoms with Crippen LogP contribution >= 0.6 is 11.6 Å². The molecule has 4 aliphatic rings. The molecule has 1 unspecified atom stereocenters. The number of anilines is 4. The molecule has 3 atom stereocenters. The van der Waals surface area contributed by atoms with Crippen molar-refractivity contribution in [3.8, 4) is 0 Å². The van der Waals surface area contributed by atoms with E-state index in [0.29, 0.717) is 55.0 Å². The van der Waals surface area contributed by atoms with Crippen LogP contribution in [-0.4, -0.2) is 112 Å². The van der Waals surface area contributed by atoms with Crippen LogP contribution in [0.2, 0.25) is 5.02 Å². The van der Waals surface area contributed by atoms with Crippen LogP contribution in [0.4, 0.5) is 28.4 Å². The lowest BCUT2D eigenvalue weighted by molar-refractivity contribution is -0.384. The second-order valence-corrected chi connectivity index (χ2v) is 20.5. The standard InChI is InChI=1S/C48H53ClN8O8S/c1-30-27-56(43-22-32-13-15-50-46(32)52-44(43)45(30)58)41-11-8-35(55-18-16-54(17-19-55)28-33-12-14-48(2,3)25-39(33)31-4-6-34(49)7-5-31)23-38(41)47(59)53-66(62,63)37-9-10-40(42(24-37)57(60)61)51-26-36-29-64-20-21-65-36/h4-13,15,22-24,30,36,39,51H,14,16-21,25-29H2,1-3H3,(H,50,52)(H,53,59)/t30-,36+,39?/m1/s1. The van der Waals surface area contributed by atoms with Gasteiger partial charge in [-0.15, -0.1) is 0 Å². The van der Waals surface area contributed by atoms with E-state index in [0.717, 1.165) is 49.6 Å². The average Bonchev–Trinajstić information content (AvgIpc) is 3.78. The maximum Gasteiger partial charge on any atom is 0.293 e. The number of hydrogen-bond acceptors (Lipinski definition) is 13. The van der Waals surface area contributed by atoms with Crippen LogP contribution < -0.4 is 19.8 Å². The van der Waals surface area contributed by atoms with Gasteiger partial charge in [-0.1, -0.05) is 56.2 Å². The maximum absolute atomic E-state index is 14.6. The monoisotopic (exact) mass is 936 g/mol. The molecule has 0 saturated carbocycles. The summed E-state index contributed by atoms with van der Waals surface area (Å²) in [4.78, 5) is 53.4. The molecule has 16 nitrogen and oxygen atoms in total. The number of amides is 1. The fourth-order valence-corrected chi connectivity index (χ4v) is 10.6. The van der Waals surface area contributed by atoms with Crippen molar-refractivity contribution in [3.63, 3.8) is 0 Å². The summed E-state index contributed by atoms with van der Waals surface area (Å²) in [5, 5.41) is 16.7. The fourth-order valence-electron chi connectivity index (χ4n) is 9.45. The third-order valence-electron chi connectivity index (χ3n) is 13.1. The van der Waals surface area contributed by atoms with E-state index in [1.54, 1.807) is 25.3 Å². The average molecular weight is 938 g/mol. The molecule has 3 aromatic carbocycles. The van der Waals surface area contributed by atoms with Gasteiger partial charge < -0.3 is 29.6 Å². The molecule has 1 amide bonds. The fraction of sp³-hybridized carbons (Fsp3) is 0.396. The number of carbonyl (C=O) groups excluding carboxylic acids is 2. The van der Waals surface area contributed by atoms with Crippen LogP contribution in [0.5, 0.6) is 0 Å². The number of aromatic nitrogens is 2. The van der Waals surface area contributed by atoms with Gasteiger partial charge in [-0.25, -0.2) is 18.1 Å². The number of fused-ring (bicyclic) bond motifs is 2. The summed E-state index contributed by atoms with van der Waals surface area (Å²) in [5.74, 6) is -1.30. The summed E-state index contributed by atoms with van der Waals surface area (Å²) >= 11 is 6.26. The number of hydrogen-bond donors (Lipinski definition) is 3. The van der Waals surface area contributed by atoms with Gasteiger partial charge in [0.25, 0.3) is 21.6 Å². The topological polar surface area (TPSA) is 192 Å². The van der Waals surface area contributed by atoms with Crippen molar-refractivity contribution < 1.29 is 32.4 Å². The lowest BCUT2D eigenvalue weighted by Gasteiger charge is -2.40. The van der Waals surface area contributed by atoms with Crippen molar-refractivity contribution in [1.82, 2.24) is 19.6 Å². The Labute approximate surface area is 388 Å². The zero-order valence-corrected chi connectivity index (χ0v) is 38.7. The highest BCUT2D eigenvalue weighted by Crippen LogP contribution is 2.44. The highest BCUT2D eigenvalue weighted by atomic mass is 35.5. The van der Waals surface area contributed by atoms with Gasteiger partial charge in [0.05, 0.1) is 52.7 Å². The molecule has 2 fully saturated rings. The normalized spacial score (nSPS) is 21.3. The second-order valence-electron chi connectivity index (χ2n) is 18.4. The summed E-state index contributed by atoms with van der Waals surface area (Å²) in [5.41, 5.74) is 4.86. The number of halogens is 1. The number of rotatable bonds is 12. The lowest BCUT2D eigenvalue weighted by atomic mass is 9.70. The Hall–Kier alpha value is -5.85. The van der Waals surface area contributed by atoms with Gasteiger partial charge in [-0.2, -0.15) is 0 Å². The maximum atomic E-state index is 14.6. The Morgan fingerprint density at radius 3 is 2.55 bits per heavy atom. The Balaban J connectivity index is 0.995. The first-order valence-electron chi connectivity index (χ1n) is 22.3. The van der Waals surface area contributed by atoms with Crippen LogP contribution in [0.3, 0.4) is 0 Å². The first-order chi connectivity index (χ1) is 31.6. The largest absolute Gasteiger partial charge is 0.377 e. The number of ketones is 1. The SMILES string of the molecule is C[C@@H]1CN(c2ccc(N3CCN(CC4=CCC(C)(C)CC4c4ccc(Cl)cc4)CC3)cc2C(=O)NS(=O)(=O)c2ccc(NC[C@H]3COCCO3)c([N+](=O)[O-])c2)c2cc3cc[nH]c3nc2C1=O. The first-order valence-corrected chi connectivity index (χ1v) is 24.1. The number of Topliss-reactive ketones (excluding diaryl/α,β-unsaturated/α-hetero) is 1. The van der Waals surface area contributed by atoms with Gasteiger partial charge in [-0.05, 0) is 78.4 Å². The Kier molecular flexibility index (Phi) is 12.7. The predicted molar refractivity (Wildman–Crippen MR) is 254 cm³/mol. The number of ether oxygens (including phenoxy) is 2. The summed E-state index contributed by atoms with van der Waals surface area (Å²) in [6.07, 6.45) is 5.85. The Morgan fingerprint density at radius 2 is 1.80 bits per heavy atom. The van der Waals surface area contributed by atoms with Crippen LogP contribution in [0, 0.1) is 21.4 Å². The minimum atomic E-state index is -4.66. The van der Waals surface area contributed by atoms with Gasteiger partial charge in [0.1, 0.15) is 17.0 Å². The van der Waals surface area contributed by atoms with Gasteiger partial charge in [-0.3, -0.25) is 24.6 Å². The van der Waals surface area contributed by atoms with Crippen LogP contribution in [-0.2, 0) is 19.5 Å². The van der Waals surface area contributed by atoms with E-state index in [1.165, 1.54) is 23.3 Å². The van der Waals surface area contributed by atoms with Crippen molar-refractivity contribution in [2.75, 3.05) is 80.8 Å². The molecule has 3 N–H and O–H groups in total. The van der Waals surface area contributed by atoms with E-state index in [9.17, 15) is 28.1 Å². The highest BCUT2D eigenvalue weighted by molar-refractivity contribution is 7.90. The van der Waals surface area contributed by atoms with Crippen LogP contribution in [0.15, 0.2) is 95.5 Å². The van der Waals surface area contributed by atoms with Crippen LogP contribution in [0.25, 0.3) is 11.0 Å². The smallest absolute Gasteiger partial charge is 0.293 e. The predicted octanol–water partition coefficient (Wildman–Crippen LogP) is 7.69. The molecule has 0 radical (unpaired) electrons. The number of nitro benzene ring substituents is 1. The molecule has 18 heteroatoms. The molecule has 5 heterocycles. The molecule has 346 valence electrons. The molecule has 9 rings (SSSR count). The number of nitro groups is 1. The molecule has 3 aliphatic heterocycles. The van der Waals surface area contributed by atoms with Crippen molar-refractivity contribution in [3.05, 3.63) is 123 Å². The van der Waals surface area contributed by atoms with Gasteiger partial charge >= 0.3 is 0 Å². The zero-order valence-electron chi connectivity index (χ0n) is 37.1. The van der Waals surface area contributed by atoms with E-state index >= 15 is 0 Å². The number of piperazine rings is 1. The molecular weight excluding hydrogens is 884 g/mol. The summed E-state index contributed by atoms with van der Waals surface area (Å²) in [6, 6.07) is 20.7. The first kappa shape index (κ1) is 45.3. The number of pyridine rings is 1. The molecule has 2 aromatic heterocycles. The molecule has 0 spiro atoms. The molecule has 1 aliphatic carbocycles. The van der Waals surface area contributed by atoms with Crippen molar-refractivity contribution >= 4 is 72.8 Å². The van der Waals surface area contributed by atoms with Crippen LogP contribution in [0.1, 0.15) is 65.9 Å². The van der Waals surface area contributed by atoms with Crippen molar-refractivity contribution in [2.45, 2.75) is 50.5 Å². The van der Waals surface area contributed by atoms with Crippen molar-refractivity contribution in [1.29, 1.82) is 0 Å². The summed E-state index contributed by atoms with van der Waals surface area (Å²) < 4.78 is 41.4. The summed E-state index contributed by atoms with van der Waals surface area (Å²) in [7, 11) is -4.66. The number of carbonyl (C=O) groups is 2. The van der Waals surface area contributed by atoms with Gasteiger partial charge in [0, 0.05) is 86.0 Å². The zero-order chi connectivity index (χ0) is 46.3.